The molecule has 1 atom stereocenters. The Morgan fingerprint density at radius 2 is 2.11 bits per heavy atom. The lowest BCUT2D eigenvalue weighted by Gasteiger charge is -2.19. The molecule has 0 aliphatic heterocycles. The molecule has 0 saturated carbocycles. The molecular weight excluding hydrogens is 246 g/mol. The molecule has 1 N–H and O–H groups in total. The Balaban J connectivity index is 2.61. The maximum absolute atomic E-state index is 6.07. The first kappa shape index (κ1) is 15.5. The van der Waals surface area contributed by atoms with Crippen LogP contribution in [0.15, 0.2) is 18.2 Å². The minimum absolute atomic E-state index is 0.419. The van der Waals surface area contributed by atoms with Gasteiger partial charge in [0.1, 0.15) is 0 Å². The van der Waals surface area contributed by atoms with E-state index in [-0.39, 0.29) is 0 Å². The summed E-state index contributed by atoms with van der Waals surface area (Å²) in [5.41, 5.74) is 2.48. The monoisotopic (exact) mass is 269 g/mol. The summed E-state index contributed by atoms with van der Waals surface area (Å²) in [6.45, 7) is 6.03. The van der Waals surface area contributed by atoms with Crippen molar-refractivity contribution < 1.29 is 4.74 Å². The molecule has 0 bridgehead atoms. The smallest absolute Gasteiger partial charge is 0.0462 e. The number of hydrogen-bond acceptors (Lipinski definition) is 2. The van der Waals surface area contributed by atoms with Crippen molar-refractivity contribution in [2.45, 2.75) is 39.2 Å². The summed E-state index contributed by atoms with van der Waals surface area (Å²) in [5.74, 6) is 0. The fraction of sp³-hybridized carbons (Fsp3) is 0.600. The molecule has 1 aromatic rings. The number of rotatable bonds is 8. The van der Waals surface area contributed by atoms with E-state index in [1.54, 1.807) is 7.11 Å². The molecule has 0 spiro atoms. The first-order chi connectivity index (χ1) is 8.69. The van der Waals surface area contributed by atoms with Crippen LogP contribution in [0.5, 0.6) is 0 Å². The SMILES string of the molecule is CCNC(CCCCOC)c1ccc(Cl)c(C)c1. The van der Waals surface area contributed by atoms with Gasteiger partial charge in [-0.25, -0.2) is 0 Å². The first-order valence-corrected chi connectivity index (χ1v) is 7.05. The Morgan fingerprint density at radius 3 is 2.72 bits per heavy atom. The molecule has 0 amide bonds. The second-order valence-corrected chi connectivity index (χ2v) is 5.01. The number of hydrogen-bond donors (Lipinski definition) is 1. The maximum atomic E-state index is 6.07. The van der Waals surface area contributed by atoms with E-state index in [4.69, 9.17) is 16.3 Å². The predicted octanol–water partition coefficient (Wildman–Crippen LogP) is 4.12. The van der Waals surface area contributed by atoms with Crippen LogP contribution >= 0.6 is 11.6 Å². The summed E-state index contributed by atoms with van der Waals surface area (Å²) in [5, 5.41) is 4.38. The number of halogens is 1. The van der Waals surface area contributed by atoms with Crippen molar-refractivity contribution >= 4 is 11.6 Å². The number of methoxy groups -OCH3 is 1. The highest BCUT2D eigenvalue weighted by molar-refractivity contribution is 6.31. The van der Waals surface area contributed by atoms with Crippen molar-refractivity contribution in [2.24, 2.45) is 0 Å². The van der Waals surface area contributed by atoms with E-state index in [0.717, 1.165) is 36.6 Å². The highest BCUT2D eigenvalue weighted by atomic mass is 35.5. The zero-order valence-electron chi connectivity index (χ0n) is 11.6. The molecular formula is C15H24ClNO. The molecule has 0 aromatic heterocycles. The van der Waals surface area contributed by atoms with Gasteiger partial charge in [0.25, 0.3) is 0 Å². The van der Waals surface area contributed by atoms with E-state index in [0.29, 0.717) is 6.04 Å². The van der Waals surface area contributed by atoms with Crippen LogP contribution in [0.1, 0.15) is 43.4 Å². The summed E-state index contributed by atoms with van der Waals surface area (Å²) in [6, 6.07) is 6.72. The Labute approximate surface area is 116 Å². The van der Waals surface area contributed by atoms with Gasteiger partial charge in [0.15, 0.2) is 0 Å². The van der Waals surface area contributed by atoms with Gasteiger partial charge in [0.2, 0.25) is 0 Å². The fourth-order valence-corrected chi connectivity index (χ4v) is 2.23. The van der Waals surface area contributed by atoms with E-state index in [9.17, 15) is 0 Å². The van der Waals surface area contributed by atoms with Gasteiger partial charge in [-0.3, -0.25) is 0 Å². The van der Waals surface area contributed by atoms with E-state index in [2.05, 4.69) is 31.3 Å². The molecule has 0 fully saturated rings. The molecule has 2 nitrogen and oxygen atoms in total. The molecule has 1 aromatic carbocycles. The third-order valence-electron chi connectivity index (χ3n) is 3.13. The standard InChI is InChI=1S/C15H24ClNO/c1-4-17-15(7-5-6-10-18-3)13-8-9-14(16)12(2)11-13/h8-9,11,15,17H,4-7,10H2,1-3H3. The molecule has 1 rings (SSSR count). The topological polar surface area (TPSA) is 21.3 Å². The molecule has 0 aliphatic carbocycles. The molecule has 0 radical (unpaired) electrons. The average molecular weight is 270 g/mol. The lowest BCUT2D eigenvalue weighted by molar-refractivity contribution is 0.191. The summed E-state index contributed by atoms with van der Waals surface area (Å²) in [6.07, 6.45) is 3.43. The highest BCUT2D eigenvalue weighted by Crippen LogP contribution is 2.24. The van der Waals surface area contributed by atoms with E-state index >= 15 is 0 Å². The van der Waals surface area contributed by atoms with Crippen LogP contribution in [0.3, 0.4) is 0 Å². The third kappa shape index (κ3) is 4.97. The lowest BCUT2D eigenvalue weighted by Crippen LogP contribution is -2.21. The van der Waals surface area contributed by atoms with Crippen LogP contribution in [0.2, 0.25) is 5.02 Å². The van der Waals surface area contributed by atoms with Gasteiger partial charge in [-0.05, 0) is 49.9 Å². The quantitative estimate of drug-likeness (QED) is 0.717. The van der Waals surface area contributed by atoms with Crippen molar-refractivity contribution in [3.63, 3.8) is 0 Å². The zero-order chi connectivity index (χ0) is 13.4. The van der Waals surface area contributed by atoms with Crippen LogP contribution in [-0.4, -0.2) is 20.3 Å². The number of ether oxygens (including phenoxy) is 1. The number of benzene rings is 1. The van der Waals surface area contributed by atoms with Gasteiger partial charge >= 0.3 is 0 Å². The summed E-state index contributed by atoms with van der Waals surface area (Å²) >= 11 is 6.07. The molecule has 18 heavy (non-hydrogen) atoms. The molecule has 0 saturated heterocycles. The second kappa shape index (κ2) is 8.52. The molecule has 1 unspecified atom stereocenters. The second-order valence-electron chi connectivity index (χ2n) is 4.61. The van der Waals surface area contributed by atoms with Gasteiger partial charge in [-0.1, -0.05) is 30.7 Å². The molecule has 102 valence electrons. The normalized spacial score (nSPS) is 12.7. The Bertz CT molecular complexity index is 354. The van der Waals surface area contributed by atoms with Crippen LogP contribution in [-0.2, 0) is 4.74 Å². The summed E-state index contributed by atoms with van der Waals surface area (Å²) in [7, 11) is 1.75. The third-order valence-corrected chi connectivity index (χ3v) is 3.55. The van der Waals surface area contributed by atoms with Crippen LogP contribution in [0.4, 0.5) is 0 Å². The van der Waals surface area contributed by atoms with Crippen LogP contribution in [0, 0.1) is 6.92 Å². The summed E-state index contributed by atoms with van der Waals surface area (Å²) in [4.78, 5) is 0. The lowest BCUT2D eigenvalue weighted by atomic mass is 9.99. The number of unbranched alkanes of at least 4 members (excludes halogenated alkanes) is 1. The van der Waals surface area contributed by atoms with Crippen LogP contribution in [0.25, 0.3) is 0 Å². The van der Waals surface area contributed by atoms with E-state index in [1.807, 2.05) is 6.07 Å². The van der Waals surface area contributed by atoms with Crippen molar-refractivity contribution in [3.8, 4) is 0 Å². The van der Waals surface area contributed by atoms with E-state index in [1.165, 1.54) is 12.0 Å². The molecule has 0 aliphatic rings. The highest BCUT2D eigenvalue weighted by Gasteiger charge is 2.10. The number of aryl methyl sites for hydroxylation is 1. The van der Waals surface area contributed by atoms with Crippen molar-refractivity contribution in [1.29, 1.82) is 0 Å². The first-order valence-electron chi connectivity index (χ1n) is 6.67. The number of nitrogens with one attached hydrogen (secondary N) is 1. The van der Waals surface area contributed by atoms with Gasteiger partial charge in [0, 0.05) is 24.8 Å². The molecule has 3 heteroatoms. The molecule has 0 heterocycles. The van der Waals surface area contributed by atoms with Crippen molar-refractivity contribution in [3.05, 3.63) is 34.3 Å². The largest absolute Gasteiger partial charge is 0.385 e. The van der Waals surface area contributed by atoms with Crippen LogP contribution < -0.4 is 5.32 Å². The maximum Gasteiger partial charge on any atom is 0.0462 e. The summed E-state index contributed by atoms with van der Waals surface area (Å²) < 4.78 is 5.09. The predicted molar refractivity (Wildman–Crippen MR) is 78.3 cm³/mol. The zero-order valence-corrected chi connectivity index (χ0v) is 12.4. The van der Waals surface area contributed by atoms with Gasteiger partial charge in [0.05, 0.1) is 0 Å². The fourth-order valence-electron chi connectivity index (χ4n) is 2.11. The van der Waals surface area contributed by atoms with Gasteiger partial charge < -0.3 is 10.1 Å². The Hall–Kier alpha value is -0.570. The minimum Gasteiger partial charge on any atom is -0.385 e. The average Bonchev–Trinajstić information content (AvgIpc) is 2.37. The Kier molecular flexibility index (Phi) is 7.33. The minimum atomic E-state index is 0.419. The van der Waals surface area contributed by atoms with Crippen molar-refractivity contribution in [2.75, 3.05) is 20.3 Å². The van der Waals surface area contributed by atoms with Gasteiger partial charge in [-0.2, -0.15) is 0 Å². The van der Waals surface area contributed by atoms with Gasteiger partial charge in [-0.15, -0.1) is 0 Å². The Morgan fingerprint density at radius 1 is 1.33 bits per heavy atom. The van der Waals surface area contributed by atoms with Crippen molar-refractivity contribution in [1.82, 2.24) is 5.32 Å². The van der Waals surface area contributed by atoms with E-state index < -0.39 is 0 Å².